The van der Waals surface area contributed by atoms with E-state index in [1.54, 1.807) is 24.5 Å². The first kappa shape index (κ1) is 16.7. The lowest BCUT2D eigenvalue weighted by atomic mass is 10.1. The number of anilines is 1. The first-order valence-corrected chi connectivity index (χ1v) is 8.98. The molecule has 0 aliphatic rings. The largest absolute Gasteiger partial charge is 0.326 e. The summed E-state index contributed by atoms with van der Waals surface area (Å²) in [4.78, 5) is 12.1. The van der Waals surface area contributed by atoms with Gasteiger partial charge < -0.3 is 5.32 Å². The Morgan fingerprint density at radius 3 is 2.50 bits per heavy atom. The highest BCUT2D eigenvalue weighted by Crippen LogP contribution is 2.22. The fourth-order valence-corrected chi connectivity index (χ4v) is 3.02. The van der Waals surface area contributed by atoms with E-state index in [0.717, 1.165) is 11.1 Å². The average Bonchev–Trinajstić information content (AvgIpc) is 2.44. The minimum Gasteiger partial charge on any atom is -0.326 e. The summed E-state index contributed by atoms with van der Waals surface area (Å²) in [6, 6.07) is 13.1. The van der Waals surface area contributed by atoms with Crippen molar-refractivity contribution in [1.82, 2.24) is 0 Å². The van der Waals surface area contributed by atoms with E-state index in [9.17, 15) is 9.00 Å². The van der Waals surface area contributed by atoms with Crippen LogP contribution in [0, 0.1) is 6.92 Å². The quantitative estimate of drug-likeness (QED) is 0.905. The van der Waals surface area contributed by atoms with Crippen molar-refractivity contribution >= 4 is 34.0 Å². The summed E-state index contributed by atoms with van der Waals surface area (Å²) < 4.78 is 11.3. The molecule has 0 fully saturated rings. The van der Waals surface area contributed by atoms with Gasteiger partial charge in [-0.05, 0) is 36.2 Å². The third kappa shape index (κ3) is 4.97. The average molecular weight is 336 g/mol. The second kappa shape index (κ2) is 7.56. The lowest BCUT2D eigenvalue weighted by Crippen LogP contribution is -2.14. The molecule has 0 saturated heterocycles. The molecule has 2 aromatic carbocycles. The highest BCUT2D eigenvalue weighted by atomic mass is 35.5. The van der Waals surface area contributed by atoms with Crippen LogP contribution in [0.15, 0.2) is 42.5 Å². The Bertz CT molecular complexity index is 698. The molecule has 0 bridgehead atoms. The van der Waals surface area contributed by atoms with Gasteiger partial charge in [0.1, 0.15) is 0 Å². The second-order valence-electron chi connectivity index (χ2n) is 5.23. The van der Waals surface area contributed by atoms with Gasteiger partial charge in [-0.1, -0.05) is 41.4 Å². The molecule has 2 rings (SSSR count). The van der Waals surface area contributed by atoms with Gasteiger partial charge in [0.2, 0.25) is 5.91 Å². The maximum absolute atomic E-state index is 12.1. The molecule has 1 amide bonds. The smallest absolute Gasteiger partial charge is 0.228 e. The summed E-state index contributed by atoms with van der Waals surface area (Å²) in [6.07, 6.45) is 1.94. The predicted octanol–water partition coefficient (Wildman–Crippen LogP) is 3.71. The van der Waals surface area contributed by atoms with Crippen LogP contribution in [-0.4, -0.2) is 16.4 Å². The highest BCUT2D eigenvalue weighted by Gasteiger charge is 2.08. The zero-order valence-corrected chi connectivity index (χ0v) is 14.1. The third-order valence-corrected chi connectivity index (χ3v) is 4.26. The molecule has 3 nitrogen and oxygen atoms in total. The lowest BCUT2D eigenvalue weighted by molar-refractivity contribution is -0.115. The van der Waals surface area contributed by atoms with Crippen LogP contribution in [0.2, 0.25) is 5.02 Å². The fraction of sp³-hybridized carbons (Fsp3) is 0.235. The van der Waals surface area contributed by atoms with Crippen molar-refractivity contribution in [3.8, 4) is 0 Å². The molecule has 1 atom stereocenters. The van der Waals surface area contributed by atoms with Gasteiger partial charge >= 0.3 is 0 Å². The molecule has 0 aromatic heterocycles. The SMILES string of the molecule is Cc1ccc(CC(=O)Nc2ccc(Cl)c(CS(C)=O)c2)cc1. The summed E-state index contributed by atoms with van der Waals surface area (Å²) in [6.45, 7) is 2.01. The number of aryl methyl sites for hydroxylation is 1. The molecule has 0 aliphatic carbocycles. The molecule has 1 N–H and O–H groups in total. The van der Waals surface area contributed by atoms with Gasteiger partial charge in [0, 0.05) is 33.5 Å². The van der Waals surface area contributed by atoms with Gasteiger partial charge in [0.05, 0.1) is 6.42 Å². The molecule has 0 saturated carbocycles. The molecule has 0 heterocycles. The highest BCUT2D eigenvalue weighted by molar-refractivity contribution is 7.83. The molecular formula is C17H18ClNO2S. The molecule has 5 heteroatoms. The predicted molar refractivity (Wildman–Crippen MR) is 92.7 cm³/mol. The summed E-state index contributed by atoms with van der Waals surface area (Å²) in [5.41, 5.74) is 3.57. The summed E-state index contributed by atoms with van der Waals surface area (Å²) >= 11 is 6.07. The van der Waals surface area contributed by atoms with Crippen LogP contribution in [0.3, 0.4) is 0 Å². The number of rotatable bonds is 5. The van der Waals surface area contributed by atoms with Crippen LogP contribution < -0.4 is 5.32 Å². The summed E-state index contributed by atoms with van der Waals surface area (Å²) in [5.74, 6) is 0.287. The molecule has 0 radical (unpaired) electrons. The maximum atomic E-state index is 12.1. The van der Waals surface area contributed by atoms with E-state index in [1.165, 1.54) is 5.56 Å². The van der Waals surface area contributed by atoms with Gasteiger partial charge in [-0.2, -0.15) is 0 Å². The zero-order chi connectivity index (χ0) is 16.1. The maximum Gasteiger partial charge on any atom is 0.228 e. The molecule has 116 valence electrons. The number of hydrogen-bond acceptors (Lipinski definition) is 2. The van der Waals surface area contributed by atoms with Crippen molar-refractivity contribution in [2.45, 2.75) is 19.1 Å². The minimum atomic E-state index is -0.979. The monoisotopic (exact) mass is 335 g/mol. The first-order valence-electron chi connectivity index (χ1n) is 6.88. The number of benzene rings is 2. The molecule has 0 aliphatic heterocycles. The van der Waals surface area contributed by atoms with Crippen molar-refractivity contribution in [2.24, 2.45) is 0 Å². The van der Waals surface area contributed by atoms with Crippen LogP contribution in [0.25, 0.3) is 0 Å². The number of nitrogens with one attached hydrogen (secondary N) is 1. The van der Waals surface area contributed by atoms with Gasteiger partial charge in [0.15, 0.2) is 0 Å². The first-order chi connectivity index (χ1) is 10.4. The van der Waals surface area contributed by atoms with Crippen LogP contribution in [-0.2, 0) is 27.8 Å². The van der Waals surface area contributed by atoms with E-state index in [2.05, 4.69) is 5.32 Å². The lowest BCUT2D eigenvalue weighted by Gasteiger charge is -2.09. The summed E-state index contributed by atoms with van der Waals surface area (Å²) in [5, 5.41) is 3.41. The van der Waals surface area contributed by atoms with Crippen molar-refractivity contribution in [1.29, 1.82) is 0 Å². The Morgan fingerprint density at radius 2 is 1.86 bits per heavy atom. The number of halogens is 1. The van der Waals surface area contributed by atoms with Crippen molar-refractivity contribution < 1.29 is 9.00 Å². The van der Waals surface area contributed by atoms with Gasteiger partial charge in [-0.15, -0.1) is 0 Å². The van der Waals surface area contributed by atoms with Gasteiger partial charge in [0.25, 0.3) is 0 Å². The van der Waals surface area contributed by atoms with E-state index >= 15 is 0 Å². The third-order valence-electron chi connectivity index (χ3n) is 3.17. The topological polar surface area (TPSA) is 46.2 Å². The number of amides is 1. The Balaban J connectivity index is 2.05. The standard InChI is InChI=1S/C17H18ClNO2S/c1-12-3-5-13(6-4-12)9-17(20)19-15-7-8-16(18)14(10-15)11-22(2)21/h3-8,10H,9,11H2,1-2H3,(H,19,20). The van der Waals surface area contributed by atoms with E-state index in [4.69, 9.17) is 11.6 Å². The Kier molecular flexibility index (Phi) is 5.75. The molecule has 22 heavy (non-hydrogen) atoms. The Hall–Kier alpha value is -1.65. The van der Waals surface area contributed by atoms with E-state index < -0.39 is 10.8 Å². The van der Waals surface area contributed by atoms with Crippen molar-refractivity contribution in [2.75, 3.05) is 11.6 Å². The minimum absolute atomic E-state index is 0.0882. The number of carbonyl (C=O) groups excluding carboxylic acids is 1. The molecule has 0 spiro atoms. The Labute approximate surface area is 138 Å². The molecule has 1 unspecified atom stereocenters. The van der Waals surface area contributed by atoms with Gasteiger partial charge in [-0.25, -0.2) is 0 Å². The number of hydrogen-bond donors (Lipinski definition) is 1. The van der Waals surface area contributed by atoms with E-state index in [0.29, 0.717) is 22.9 Å². The van der Waals surface area contributed by atoms with Crippen molar-refractivity contribution in [3.05, 3.63) is 64.2 Å². The van der Waals surface area contributed by atoms with Crippen LogP contribution in [0.1, 0.15) is 16.7 Å². The van der Waals surface area contributed by atoms with Crippen LogP contribution in [0.4, 0.5) is 5.69 Å². The van der Waals surface area contributed by atoms with E-state index in [1.807, 2.05) is 31.2 Å². The normalized spacial score (nSPS) is 12.0. The second-order valence-corrected chi connectivity index (χ2v) is 7.08. The Morgan fingerprint density at radius 1 is 1.18 bits per heavy atom. The molecule has 2 aromatic rings. The molecular weight excluding hydrogens is 318 g/mol. The zero-order valence-electron chi connectivity index (χ0n) is 12.6. The van der Waals surface area contributed by atoms with Crippen molar-refractivity contribution in [3.63, 3.8) is 0 Å². The number of carbonyl (C=O) groups is 1. The van der Waals surface area contributed by atoms with Crippen LogP contribution >= 0.6 is 11.6 Å². The summed E-state index contributed by atoms with van der Waals surface area (Å²) in [7, 11) is -0.979. The van der Waals surface area contributed by atoms with Gasteiger partial charge in [-0.3, -0.25) is 9.00 Å². The van der Waals surface area contributed by atoms with E-state index in [-0.39, 0.29) is 5.91 Å². The van der Waals surface area contributed by atoms with Crippen LogP contribution in [0.5, 0.6) is 0 Å². The fourth-order valence-electron chi connectivity index (χ4n) is 2.08.